The molecule has 1 aromatic carbocycles. The zero-order valence-electron chi connectivity index (χ0n) is 16.6. The van der Waals surface area contributed by atoms with Gasteiger partial charge < -0.3 is 5.11 Å². The quantitative estimate of drug-likeness (QED) is 0.617. The lowest BCUT2D eigenvalue weighted by molar-refractivity contribution is -0.266. The Labute approximate surface area is 168 Å². The minimum absolute atomic E-state index is 0.323. The number of alkyl halides is 3. The summed E-state index contributed by atoms with van der Waals surface area (Å²) in [6, 6.07) is 7.13. The van der Waals surface area contributed by atoms with Gasteiger partial charge in [0, 0.05) is 18.3 Å². The van der Waals surface area contributed by atoms with Crippen LogP contribution in [0.5, 0.6) is 0 Å². The van der Waals surface area contributed by atoms with Crippen LogP contribution in [0.25, 0.3) is 6.08 Å². The van der Waals surface area contributed by atoms with Crippen LogP contribution in [0.4, 0.5) is 17.6 Å². The average Bonchev–Trinajstić information content (AvgIpc) is 2.67. The van der Waals surface area contributed by atoms with E-state index in [0.717, 1.165) is 12.1 Å². The highest BCUT2D eigenvalue weighted by Crippen LogP contribution is 2.45. The van der Waals surface area contributed by atoms with Crippen molar-refractivity contribution in [2.75, 3.05) is 0 Å². The lowest BCUT2D eigenvalue weighted by atomic mass is 9.70. The van der Waals surface area contributed by atoms with E-state index < -0.39 is 35.9 Å². The predicted molar refractivity (Wildman–Crippen MR) is 105 cm³/mol. The molecule has 0 saturated carbocycles. The van der Waals surface area contributed by atoms with Crippen molar-refractivity contribution in [3.63, 3.8) is 0 Å². The van der Waals surface area contributed by atoms with Gasteiger partial charge in [0.1, 0.15) is 5.82 Å². The highest BCUT2D eigenvalue weighted by Gasteiger charge is 2.56. The maximum Gasteiger partial charge on any atom is 0.417 e. The largest absolute Gasteiger partial charge is 0.417 e. The Balaban J connectivity index is 2.01. The highest BCUT2D eigenvalue weighted by atomic mass is 19.4. The zero-order chi connectivity index (χ0) is 21.3. The van der Waals surface area contributed by atoms with Crippen LogP contribution in [0, 0.1) is 5.82 Å². The number of halogens is 4. The molecule has 0 spiro atoms. The van der Waals surface area contributed by atoms with Gasteiger partial charge in [0.05, 0.1) is 0 Å². The summed E-state index contributed by atoms with van der Waals surface area (Å²) in [5.74, 6) is -0.508. The topological polar surface area (TPSA) is 33.1 Å². The van der Waals surface area contributed by atoms with Crippen molar-refractivity contribution in [2.24, 2.45) is 0 Å². The number of allylic oxidation sites excluding steroid dienone is 1. The number of aryl methyl sites for hydroxylation is 1. The van der Waals surface area contributed by atoms with Crippen molar-refractivity contribution in [3.8, 4) is 0 Å². The molecular formula is C23H25F4NO. The Hall–Kier alpha value is -2.21. The number of aromatic nitrogens is 1. The third kappa shape index (κ3) is 4.37. The number of nitrogens with zero attached hydrogens (tertiary/aromatic N) is 1. The molecule has 1 aromatic heterocycles. The molecule has 0 fully saturated rings. The molecular weight excluding hydrogens is 382 g/mol. The van der Waals surface area contributed by atoms with Crippen LogP contribution >= 0.6 is 0 Å². The first-order valence-corrected chi connectivity index (χ1v) is 9.76. The molecule has 1 aliphatic rings. The first-order valence-electron chi connectivity index (χ1n) is 9.76. The summed E-state index contributed by atoms with van der Waals surface area (Å²) in [4.78, 5) is 4.26. The zero-order valence-corrected chi connectivity index (χ0v) is 16.6. The van der Waals surface area contributed by atoms with Gasteiger partial charge in [0.15, 0.2) is 5.60 Å². The third-order valence-corrected chi connectivity index (χ3v) is 5.99. The number of hydrogen-bond donors (Lipinski definition) is 1. The van der Waals surface area contributed by atoms with Gasteiger partial charge in [-0.3, -0.25) is 4.98 Å². The molecule has 0 bridgehead atoms. The number of aliphatic hydroxyl groups is 1. The summed E-state index contributed by atoms with van der Waals surface area (Å²) >= 11 is 0. The Bertz CT molecular complexity index is 908. The molecule has 0 aliphatic heterocycles. The summed E-state index contributed by atoms with van der Waals surface area (Å²) in [6.07, 6.45) is 0.984. The maximum atomic E-state index is 14.1. The Kier molecular flexibility index (Phi) is 5.86. The molecule has 1 heterocycles. The van der Waals surface area contributed by atoms with Gasteiger partial charge in [-0.25, -0.2) is 4.39 Å². The molecule has 0 radical (unpaired) electrons. The lowest BCUT2D eigenvalue weighted by Crippen LogP contribution is -2.51. The first kappa shape index (κ1) is 21.5. The average molecular weight is 407 g/mol. The second-order valence-corrected chi connectivity index (χ2v) is 8.08. The van der Waals surface area contributed by atoms with Crippen molar-refractivity contribution in [1.82, 2.24) is 4.98 Å². The van der Waals surface area contributed by atoms with Crippen molar-refractivity contribution >= 4 is 6.08 Å². The van der Waals surface area contributed by atoms with Crippen molar-refractivity contribution in [3.05, 3.63) is 70.8 Å². The van der Waals surface area contributed by atoms with E-state index in [1.807, 2.05) is 6.08 Å². The molecule has 2 aromatic rings. The van der Waals surface area contributed by atoms with Gasteiger partial charge in [-0.1, -0.05) is 38.1 Å². The fourth-order valence-corrected chi connectivity index (χ4v) is 4.06. The molecule has 1 aliphatic carbocycles. The van der Waals surface area contributed by atoms with E-state index in [4.69, 9.17) is 0 Å². The number of fused-ring (bicyclic) bond motifs is 1. The van der Waals surface area contributed by atoms with Gasteiger partial charge in [-0.05, 0) is 66.0 Å². The summed E-state index contributed by atoms with van der Waals surface area (Å²) in [7, 11) is 0. The molecule has 2 nitrogen and oxygen atoms in total. The van der Waals surface area contributed by atoms with E-state index in [1.165, 1.54) is 30.5 Å². The molecule has 2 unspecified atom stereocenters. The standard InChI is InChI=1S/C23H25F4NO/c1-3-21(2,17-7-6-8-18(24)13-17)15-22(29,23(25,26)27)14-16-11-12-28-20-10-5-4-9-19(16)20/h4,6-9,11-13,29H,3,5,10,14-15H2,1-2H3. The van der Waals surface area contributed by atoms with Gasteiger partial charge in [0.25, 0.3) is 0 Å². The van der Waals surface area contributed by atoms with Gasteiger partial charge in [-0.15, -0.1) is 0 Å². The van der Waals surface area contributed by atoms with E-state index in [1.54, 1.807) is 26.0 Å². The van der Waals surface area contributed by atoms with Crippen LogP contribution < -0.4 is 0 Å². The summed E-state index contributed by atoms with van der Waals surface area (Å²) in [5.41, 5.74) is -1.73. The molecule has 2 atom stereocenters. The van der Waals surface area contributed by atoms with Crippen LogP contribution in [0.1, 0.15) is 55.5 Å². The van der Waals surface area contributed by atoms with E-state index in [2.05, 4.69) is 4.98 Å². The second-order valence-electron chi connectivity index (χ2n) is 8.08. The summed E-state index contributed by atoms with van der Waals surface area (Å²) < 4.78 is 56.1. The van der Waals surface area contributed by atoms with Gasteiger partial charge in [0.2, 0.25) is 0 Å². The van der Waals surface area contributed by atoms with E-state index in [9.17, 15) is 22.7 Å². The monoisotopic (exact) mass is 407 g/mol. The molecule has 1 N–H and O–H groups in total. The maximum absolute atomic E-state index is 14.1. The Morgan fingerprint density at radius 2 is 1.93 bits per heavy atom. The van der Waals surface area contributed by atoms with Crippen molar-refractivity contribution < 1.29 is 22.7 Å². The highest BCUT2D eigenvalue weighted by molar-refractivity contribution is 5.58. The van der Waals surface area contributed by atoms with Crippen LogP contribution in [0.3, 0.4) is 0 Å². The number of pyridine rings is 1. The number of rotatable bonds is 6. The van der Waals surface area contributed by atoms with Crippen LogP contribution in [-0.4, -0.2) is 21.9 Å². The normalized spacial score (nSPS) is 18.0. The number of benzene rings is 1. The molecule has 29 heavy (non-hydrogen) atoms. The predicted octanol–water partition coefficient (Wildman–Crippen LogP) is 5.77. The minimum atomic E-state index is -4.84. The van der Waals surface area contributed by atoms with Crippen LogP contribution in [0.2, 0.25) is 0 Å². The minimum Gasteiger partial charge on any atom is -0.380 e. The van der Waals surface area contributed by atoms with Gasteiger partial charge >= 0.3 is 6.18 Å². The molecule has 0 saturated heterocycles. The van der Waals surface area contributed by atoms with Crippen LogP contribution in [0.15, 0.2) is 42.6 Å². The van der Waals surface area contributed by atoms with E-state index in [-0.39, 0.29) is 0 Å². The smallest absolute Gasteiger partial charge is 0.380 e. The van der Waals surface area contributed by atoms with Crippen LogP contribution in [-0.2, 0) is 18.3 Å². The SMILES string of the molecule is CCC(C)(CC(O)(Cc1ccnc2c1C=CCC2)C(F)(F)F)c1cccc(F)c1. The summed E-state index contributed by atoms with van der Waals surface area (Å²) in [6.45, 7) is 3.39. The third-order valence-electron chi connectivity index (χ3n) is 5.99. The lowest BCUT2D eigenvalue weighted by Gasteiger charge is -2.40. The van der Waals surface area contributed by atoms with E-state index in [0.29, 0.717) is 29.5 Å². The first-order chi connectivity index (χ1) is 13.6. The van der Waals surface area contributed by atoms with Gasteiger partial charge in [-0.2, -0.15) is 13.2 Å². The molecule has 156 valence electrons. The fraction of sp³-hybridized carbons (Fsp3) is 0.435. The Morgan fingerprint density at radius 1 is 1.17 bits per heavy atom. The Morgan fingerprint density at radius 3 is 2.59 bits per heavy atom. The molecule has 6 heteroatoms. The summed E-state index contributed by atoms with van der Waals surface area (Å²) in [5, 5.41) is 10.9. The van der Waals surface area contributed by atoms with Crippen molar-refractivity contribution in [1.29, 1.82) is 0 Å². The molecule has 3 rings (SSSR count). The molecule has 0 amide bonds. The second kappa shape index (κ2) is 7.90. The number of hydrogen-bond acceptors (Lipinski definition) is 2. The fourth-order valence-electron chi connectivity index (χ4n) is 4.06. The van der Waals surface area contributed by atoms with Crippen molar-refractivity contribution in [2.45, 2.75) is 63.1 Å². The van der Waals surface area contributed by atoms with E-state index >= 15 is 0 Å².